The fraction of sp³-hybridized carbons (Fsp3) is 0.385. The van der Waals surface area contributed by atoms with Crippen LogP contribution in [-0.4, -0.2) is 29.5 Å². The Bertz CT molecular complexity index is 835. The van der Waals surface area contributed by atoms with Crippen LogP contribution >= 0.6 is 11.3 Å². The summed E-state index contributed by atoms with van der Waals surface area (Å²) in [7, 11) is 0. The number of nitrogens with zero attached hydrogens (tertiary/aromatic N) is 5. The monoisotopic (exact) mass is 305 g/mol. The summed E-state index contributed by atoms with van der Waals surface area (Å²) in [6.45, 7) is 4.10. The molecule has 0 radical (unpaired) electrons. The van der Waals surface area contributed by atoms with Crippen LogP contribution in [0.15, 0.2) is 22.4 Å². The molecule has 0 saturated heterocycles. The fourth-order valence-corrected chi connectivity index (χ4v) is 2.99. The molecule has 0 spiro atoms. The molecule has 3 aromatic heterocycles. The van der Waals surface area contributed by atoms with E-state index in [0.717, 1.165) is 5.69 Å². The Kier molecular flexibility index (Phi) is 3.56. The predicted octanol–water partition coefficient (Wildman–Crippen LogP) is 1.15. The van der Waals surface area contributed by atoms with Crippen LogP contribution in [0, 0.1) is 6.92 Å². The van der Waals surface area contributed by atoms with Crippen molar-refractivity contribution in [1.82, 2.24) is 24.4 Å². The normalized spacial score (nSPS) is 12.9. The average Bonchev–Trinajstić information content (AvgIpc) is 3.05. The van der Waals surface area contributed by atoms with Crippen molar-refractivity contribution in [1.29, 1.82) is 0 Å². The highest BCUT2D eigenvalue weighted by Crippen LogP contribution is 2.14. The third-order valence-corrected chi connectivity index (χ3v) is 4.18. The van der Waals surface area contributed by atoms with Crippen LogP contribution < -0.4 is 5.56 Å². The van der Waals surface area contributed by atoms with E-state index in [9.17, 15) is 9.90 Å². The maximum absolute atomic E-state index is 12.1. The first-order chi connectivity index (χ1) is 10.1. The van der Waals surface area contributed by atoms with Crippen molar-refractivity contribution in [3.05, 3.63) is 45.1 Å². The minimum absolute atomic E-state index is 0.0947. The second-order valence-electron chi connectivity index (χ2n) is 4.85. The van der Waals surface area contributed by atoms with Crippen LogP contribution in [0.3, 0.4) is 0 Å². The Balaban J connectivity index is 1.91. The quantitative estimate of drug-likeness (QED) is 0.781. The van der Waals surface area contributed by atoms with Gasteiger partial charge in [-0.25, -0.2) is 9.67 Å². The number of hydrogen-bond donors (Lipinski definition) is 1. The van der Waals surface area contributed by atoms with Crippen LogP contribution in [0.4, 0.5) is 0 Å². The molecule has 0 bridgehead atoms. The van der Waals surface area contributed by atoms with E-state index in [4.69, 9.17) is 0 Å². The minimum Gasteiger partial charge on any atom is -0.387 e. The highest BCUT2D eigenvalue weighted by atomic mass is 32.1. The molecule has 0 fully saturated rings. The SMILES string of the molecule is CCC(O)c1cn(Cc2cc(=O)n3c(C)csc3n2)nn1. The third-order valence-electron chi connectivity index (χ3n) is 3.24. The minimum atomic E-state index is -0.611. The summed E-state index contributed by atoms with van der Waals surface area (Å²) < 4.78 is 3.16. The molecule has 0 aliphatic carbocycles. The van der Waals surface area contributed by atoms with Crippen LogP contribution in [0.25, 0.3) is 4.96 Å². The van der Waals surface area contributed by atoms with Gasteiger partial charge in [0.25, 0.3) is 5.56 Å². The van der Waals surface area contributed by atoms with Gasteiger partial charge in [-0.1, -0.05) is 12.1 Å². The van der Waals surface area contributed by atoms with Gasteiger partial charge in [-0.3, -0.25) is 9.20 Å². The summed E-state index contributed by atoms with van der Waals surface area (Å²) in [5.74, 6) is 0. The lowest BCUT2D eigenvalue weighted by Crippen LogP contribution is -2.16. The van der Waals surface area contributed by atoms with E-state index < -0.39 is 6.10 Å². The molecule has 3 heterocycles. The van der Waals surface area contributed by atoms with Crippen molar-refractivity contribution in [2.75, 3.05) is 0 Å². The van der Waals surface area contributed by atoms with Gasteiger partial charge in [0.15, 0.2) is 4.96 Å². The highest BCUT2D eigenvalue weighted by Gasteiger charge is 2.11. The molecule has 7 nitrogen and oxygen atoms in total. The molecule has 110 valence electrons. The molecule has 0 amide bonds. The van der Waals surface area contributed by atoms with Crippen LogP contribution in [0.1, 0.15) is 36.5 Å². The molecule has 8 heteroatoms. The topological polar surface area (TPSA) is 85.3 Å². The van der Waals surface area contributed by atoms with Crippen molar-refractivity contribution in [2.24, 2.45) is 0 Å². The summed E-state index contributed by atoms with van der Waals surface area (Å²) in [5, 5.41) is 19.5. The van der Waals surface area contributed by atoms with E-state index in [1.54, 1.807) is 15.3 Å². The number of hydrogen-bond acceptors (Lipinski definition) is 6. The van der Waals surface area contributed by atoms with Crippen molar-refractivity contribution in [3.8, 4) is 0 Å². The van der Waals surface area contributed by atoms with Gasteiger partial charge in [0.1, 0.15) is 5.69 Å². The summed E-state index contributed by atoms with van der Waals surface area (Å²) in [6, 6.07) is 1.50. The number of aryl methyl sites for hydroxylation is 1. The van der Waals surface area contributed by atoms with Crippen molar-refractivity contribution in [2.45, 2.75) is 32.9 Å². The van der Waals surface area contributed by atoms with E-state index in [2.05, 4.69) is 15.3 Å². The van der Waals surface area contributed by atoms with Crippen molar-refractivity contribution >= 4 is 16.3 Å². The Morgan fingerprint density at radius 2 is 2.29 bits per heavy atom. The van der Waals surface area contributed by atoms with Crippen LogP contribution in [-0.2, 0) is 6.54 Å². The maximum Gasteiger partial charge on any atom is 0.259 e. The smallest absolute Gasteiger partial charge is 0.259 e. The van der Waals surface area contributed by atoms with E-state index in [1.165, 1.54) is 17.4 Å². The molecule has 1 unspecified atom stereocenters. The molecule has 3 aromatic rings. The highest BCUT2D eigenvalue weighted by molar-refractivity contribution is 7.15. The zero-order valence-electron chi connectivity index (χ0n) is 11.7. The molecule has 1 N–H and O–H groups in total. The number of aliphatic hydroxyl groups excluding tert-OH is 1. The van der Waals surface area contributed by atoms with Gasteiger partial charge in [0.05, 0.1) is 24.5 Å². The van der Waals surface area contributed by atoms with Gasteiger partial charge < -0.3 is 5.11 Å². The molecule has 0 aromatic carbocycles. The zero-order valence-corrected chi connectivity index (χ0v) is 12.5. The number of thiazole rings is 1. The largest absolute Gasteiger partial charge is 0.387 e. The molecule has 0 aliphatic rings. The average molecular weight is 305 g/mol. The lowest BCUT2D eigenvalue weighted by Gasteiger charge is -2.02. The van der Waals surface area contributed by atoms with Crippen LogP contribution in [0.5, 0.6) is 0 Å². The van der Waals surface area contributed by atoms with Gasteiger partial charge in [-0.2, -0.15) is 0 Å². The second kappa shape index (κ2) is 5.38. The van der Waals surface area contributed by atoms with Gasteiger partial charge in [0.2, 0.25) is 0 Å². The molecule has 21 heavy (non-hydrogen) atoms. The third kappa shape index (κ3) is 2.59. The lowest BCUT2D eigenvalue weighted by atomic mass is 10.2. The van der Waals surface area contributed by atoms with Gasteiger partial charge in [0, 0.05) is 17.1 Å². The first kappa shape index (κ1) is 13.9. The van der Waals surface area contributed by atoms with E-state index in [-0.39, 0.29) is 5.56 Å². The zero-order chi connectivity index (χ0) is 15.0. The van der Waals surface area contributed by atoms with E-state index in [1.807, 2.05) is 19.2 Å². The van der Waals surface area contributed by atoms with Gasteiger partial charge in [-0.05, 0) is 13.3 Å². The fourth-order valence-electron chi connectivity index (χ4n) is 2.10. The molecule has 3 rings (SSSR count). The summed E-state index contributed by atoms with van der Waals surface area (Å²) >= 11 is 1.43. The van der Waals surface area contributed by atoms with Gasteiger partial charge in [-0.15, -0.1) is 16.4 Å². The van der Waals surface area contributed by atoms with Crippen molar-refractivity contribution in [3.63, 3.8) is 0 Å². The Morgan fingerprint density at radius 1 is 1.48 bits per heavy atom. The molecule has 0 saturated carbocycles. The van der Waals surface area contributed by atoms with Crippen molar-refractivity contribution < 1.29 is 5.11 Å². The summed E-state index contributed by atoms with van der Waals surface area (Å²) in [5.41, 5.74) is 1.95. The first-order valence-electron chi connectivity index (χ1n) is 6.63. The predicted molar refractivity (Wildman–Crippen MR) is 78.5 cm³/mol. The Hall–Kier alpha value is -2.06. The number of rotatable bonds is 4. The first-order valence-corrected chi connectivity index (χ1v) is 7.51. The second-order valence-corrected chi connectivity index (χ2v) is 5.68. The van der Waals surface area contributed by atoms with Crippen LogP contribution in [0.2, 0.25) is 0 Å². The number of aromatic nitrogens is 5. The Labute approximate surface area is 124 Å². The standard InChI is InChI=1S/C13H15N5O2S/c1-3-11(19)10-6-17(16-15-10)5-9-4-12(20)18-8(2)7-21-13(18)14-9/h4,6-7,11,19H,3,5H2,1-2H3. The maximum atomic E-state index is 12.1. The lowest BCUT2D eigenvalue weighted by molar-refractivity contribution is 0.168. The van der Waals surface area contributed by atoms with E-state index in [0.29, 0.717) is 29.3 Å². The molecule has 1 atom stereocenters. The van der Waals surface area contributed by atoms with Gasteiger partial charge >= 0.3 is 0 Å². The molecule has 0 aliphatic heterocycles. The van der Waals surface area contributed by atoms with E-state index >= 15 is 0 Å². The summed E-state index contributed by atoms with van der Waals surface area (Å²) in [4.78, 5) is 17.2. The number of aliphatic hydroxyl groups is 1. The number of fused-ring (bicyclic) bond motifs is 1. The molecular formula is C13H15N5O2S. The Morgan fingerprint density at radius 3 is 3.05 bits per heavy atom. The summed E-state index contributed by atoms with van der Waals surface area (Å²) in [6.07, 6.45) is 1.65. The molecular weight excluding hydrogens is 290 g/mol.